The van der Waals surface area contributed by atoms with Gasteiger partial charge in [0.15, 0.2) is 5.60 Å². The van der Waals surface area contributed by atoms with Crippen molar-refractivity contribution in [2.24, 2.45) is 16.7 Å². The summed E-state index contributed by atoms with van der Waals surface area (Å²) in [6, 6.07) is 16.3. The molecule has 10 atom stereocenters. The molecule has 1 aliphatic heterocycles. The van der Waals surface area contributed by atoms with Crippen molar-refractivity contribution in [3.05, 3.63) is 82.9 Å². The molecule has 1 saturated heterocycles. The van der Waals surface area contributed by atoms with E-state index in [-0.39, 0.29) is 41.7 Å². The highest BCUT2D eigenvalue weighted by Gasteiger charge is 2.80. The molecule has 4 aliphatic rings. The Hall–Kier alpha value is -4.10. The van der Waals surface area contributed by atoms with Gasteiger partial charge in [-0.05, 0) is 62.6 Å². The number of aliphatic hydroxyl groups excluding tert-OH is 2. The lowest BCUT2D eigenvalue weighted by Gasteiger charge is -2.65. The van der Waals surface area contributed by atoms with E-state index in [9.17, 15) is 34.5 Å². The molecule has 2 saturated carbocycles. The summed E-state index contributed by atoms with van der Waals surface area (Å²) in [5.41, 5.74) is -6.11. The fraction of sp³-hybridized carbons (Fsp3) is 0.526. The molecule has 0 radical (unpaired) electrons. The number of rotatable bonds is 7. The van der Waals surface area contributed by atoms with Crippen molar-refractivity contribution in [1.82, 2.24) is 0 Å². The van der Waals surface area contributed by atoms with Gasteiger partial charge in [0.25, 0.3) is 0 Å². The van der Waals surface area contributed by atoms with Crippen molar-refractivity contribution < 1.29 is 58.2 Å². The number of fused-ring (bicyclic) bond motifs is 4. The Kier molecular flexibility index (Phi) is 8.99. The van der Waals surface area contributed by atoms with Crippen LogP contribution in [0.2, 0.25) is 0 Å². The zero-order valence-electron chi connectivity index (χ0n) is 29.0. The van der Waals surface area contributed by atoms with Gasteiger partial charge in [-0.25, -0.2) is 9.59 Å². The highest BCUT2D eigenvalue weighted by Crippen LogP contribution is 2.68. The number of hydrogen-bond donors (Lipinski definition) is 3. The highest BCUT2D eigenvalue weighted by molar-refractivity contribution is 5.90. The third-order valence-electron chi connectivity index (χ3n) is 11.5. The van der Waals surface area contributed by atoms with Crippen LogP contribution < -0.4 is 0 Å². The van der Waals surface area contributed by atoms with Crippen molar-refractivity contribution in [2.75, 3.05) is 6.61 Å². The molecule has 1 heterocycles. The third-order valence-corrected chi connectivity index (χ3v) is 11.5. The molecular formula is C38H44O12. The van der Waals surface area contributed by atoms with Gasteiger partial charge in [-0.3, -0.25) is 9.59 Å². The van der Waals surface area contributed by atoms with E-state index in [1.165, 1.54) is 27.7 Å². The molecule has 12 heteroatoms. The SMILES string of the molecule is CC(=O)O[C@H]1C[C@H]2OC[C@@]2(OC(C)=O)[C@@H]2[C@H](OC(=O)c3ccccc3)[C@]3(C(C)(C)O)C[C@H](O)C(C)=C3[C@@H](O)[C@H](OC(=O)c3ccccc3)[C@]12C. The fourth-order valence-electron chi connectivity index (χ4n) is 9.29. The first kappa shape index (κ1) is 35.7. The molecule has 3 N–H and O–H groups in total. The van der Waals surface area contributed by atoms with Crippen molar-refractivity contribution in [1.29, 1.82) is 0 Å². The van der Waals surface area contributed by atoms with Crippen LogP contribution in [0.5, 0.6) is 0 Å². The van der Waals surface area contributed by atoms with Crippen LogP contribution in [0, 0.1) is 16.7 Å². The molecule has 12 nitrogen and oxygen atoms in total. The summed E-state index contributed by atoms with van der Waals surface area (Å²) >= 11 is 0. The Balaban J connectivity index is 1.69. The van der Waals surface area contributed by atoms with Gasteiger partial charge in [0.05, 0.1) is 46.2 Å². The van der Waals surface area contributed by atoms with E-state index < -0.39 is 88.5 Å². The summed E-state index contributed by atoms with van der Waals surface area (Å²) in [5, 5.41) is 36.6. The van der Waals surface area contributed by atoms with E-state index in [1.807, 2.05) is 0 Å². The number of carbonyl (C=O) groups is 4. The molecule has 0 spiro atoms. The lowest BCUT2D eigenvalue weighted by Crippen LogP contribution is -2.79. The summed E-state index contributed by atoms with van der Waals surface area (Å²) in [4.78, 5) is 53.9. The van der Waals surface area contributed by atoms with Gasteiger partial charge in [0.2, 0.25) is 0 Å². The zero-order chi connectivity index (χ0) is 36.4. The standard InChI is InChI=1S/C38H44O12/c1-20-25(41)18-37(35(4,5)45)28(20)29(42)31(48-33(43)23-13-9-7-10-14-23)36(6)26(47-21(2)39)17-27-38(19-46-27,50-22(3)40)30(36)32(37)49-34(44)24-15-11-8-12-16-24/h7-16,25-27,29-32,41-42,45H,17-19H2,1-6H3/t25-,26-,27+,29+,30+,31-,32-,36+,37-,38-/m0/s1. The topological polar surface area (TPSA) is 175 Å². The van der Waals surface area contributed by atoms with E-state index in [0.717, 1.165) is 0 Å². The molecule has 0 aromatic heterocycles. The predicted octanol–water partition coefficient (Wildman–Crippen LogP) is 3.31. The Morgan fingerprint density at radius 2 is 1.38 bits per heavy atom. The van der Waals surface area contributed by atoms with E-state index in [4.69, 9.17) is 23.7 Å². The van der Waals surface area contributed by atoms with Crippen molar-refractivity contribution in [3.8, 4) is 0 Å². The first-order chi connectivity index (χ1) is 23.5. The molecule has 6 rings (SSSR count). The summed E-state index contributed by atoms with van der Waals surface area (Å²) in [5.74, 6) is -4.22. The quantitative estimate of drug-likeness (QED) is 0.220. The highest BCUT2D eigenvalue weighted by atomic mass is 16.6. The minimum atomic E-state index is -1.84. The molecule has 0 bridgehead atoms. The predicted molar refractivity (Wildman–Crippen MR) is 175 cm³/mol. The molecular weight excluding hydrogens is 648 g/mol. The second-order valence-electron chi connectivity index (χ2n) is 14.7. The first-order valence-corrected chi connectivity index (χ1v) is 16.8. The van der Waals surface area contributed by atoms with Crippen molar-refractivity contribution in [3.63, 3.8) is 0 Å². The van der Waals surface area contributed by atoms with Crippen LogP contribution in [-0.2, 0) is 33.3 Å². The van der Waals surface area contributed by atoms with Gasteiger partial charge >= 0.3 is 23.9 Å². The summed E-state index contributed by atoms with van der Waals surface area (Å²) in [6.07, 6.45) is -8.27. The maximum Gasteiger partial charge on any atom is 0.338 e. The number of aliphatic hydroxyl groups is 3. The first-order valence-electron chi connectivity index (χ1n) is 16.8. The summed E-state index contributed by atoms with van der Waals surface area (Å²) < 4.78 is 31.0. The van der Waals surface area contributed by atoms with Crippen LogP contribution in [0.15, 0.2) is 71.8 Å². The van der Waals surface area contributed by atoms with Crippen LogP contribution in [0.25, 0.3) is 0 Å². The normalized spacial score (nSPS) is 36.1. The average molecular weight is 693 g/mol. The van der Waals surface area contributed by atoms with E-state index in [1.54, 1.807) is 74.5 Å². The Morgan fingerprint density at radius 1 is 0.840 bits per heavy atom. The molecule has 3 aliphatic carbocycles. The minimum absolute atomic E-state index is 0.0263. The van der Waals surface area contributed by atoms with Gasteiger partial charge in [0.1, 0.15) is 30.5 Å². The molecule has 0 amide bonds. The zero-order valence-corrected chi connectivity index (χ0v) is 29.0. The van der Waals surface area contributed by atoms with Crippen LogP contribution >= 0.6 is 0 Å². The largest absolute Gasteiger partial charge is 0.462 e. The van der Waals surface area contributed by atoms with Crippen LogP contribution in [0.1, 0.15) is 75.1 Å². The van der Waals surface area contributed by atoms with E-state index in [0.29, 0.717) is 0 Å². The molecule has 2 aromatic rings. The number of carbonyl (C=O) groups excluding carboxylic acids is 4. The van der Waals surface area contributed by atoms with Gasteiger partial charge in [-0.1, -0.05) is 43.3 Å². The molecule has 0 unspecified atom stereocenters. The van der Waals surface area contributed by atoms with Gasteiger partial charge in [-0.2, -0.15) is 0 Å². The number of benzene rings is 2. The minimum Gasteiger partial charge on any atom is -0.462 e. The molecule has 2 aromatic carbocycles. The van der Waals surface area contributed by atoms with Gasteiger partial charge in [0, 0.05) is 20.3 Å². The van der Waals surface area contributed by atoms with E-state index in [2.05, 4.69) is 0 Å². The van der Waals surface area contributed by atoms with Crippen molar-refractivity contribution >= 4 is 23.9 Å². The number of ether oxygens (including phenoxy) is 5. The average Bonchev–Trinajstić information content (AvgIpc) is 3.30. The van der Waals surface area contributed by atoms with E-state index >= 15 is 0 Å². The molecule has 50 heavy (non-hydrogen) atoms. The van der Waals surface area contributed by atoms with Crippen molar-refractivity contribution in [2.45, 2.75) is 102 Å². The number of hydrogen-bond acceptors (Lipinski definition) is 12. The van der Waals surface area contributed by atoms with Gasteiger partial charge < -0.3 is 39.0 Å². The summed E-state index contributed by atoms with van der Waals surface area (Å²) in [7, 11) is 0. The summed E-state index contributed by atoms with van der Waals surface area (Å²) in [6.45, 7) is 8.48. The van der Waals surface area contributed by atoms with Crippen LogP contribution in [0.3, 0.4) is 0 Å². The van der Waals surface area contributed by atoms with Gasteiger partial charge in [-0.15, -0.1) is 0 Å². The second-order valence-corrected chi connectivity index (χ2v) is 14.7. The van der Waals surface area contributed by atoms with Crippen LogP contribution in [0.4, 0.5) is 0 Å². The second kappa shape index (κ2) is 12.6. The Morgan fingerprint density at radius 3 is 1.84 bits per heavy atom. The Labute approximate surface area is 290 Å². The lowest BCUT2D eigenvalue weighted by molar-refractivity contribution is -0.351. The molecule has 3 fully saturated rings. The Bertz CT molecular complexity index is 1700. The third kappa shape index (κ3) is 5.35. The molecule has 268 valence electrons. The fourth-order valence-corrected chi connectivity index (χ4v) is 9.29. The monoisotopic (exact) mass is 692 g/mol. The lowest BCUT2D eigenvalue weighted by atomic mass is 9.49. The number of esters is 4. The maximum absolute atomic E-state index is 14.2. The van der Waals surface area contributed by atoms with Crippen LogP contribution in [-0.4, -0.2) is 93.6 Å². The smallest absolute Gasteiger partial charge is 0.338 e. The maximum atomic E-state index is 14.2.